The molecule has 0 aliphatic carbocycles. The number of hydrogen-bond donors (Lipinski definition) is 1. The van der Waals surface area contributed by atoms with E-state index in [2.05, 4.69) is 25.9 Å². The maximum atomic E-state index is 10.3. The molecule has 1 aliphatic heterocycles. The van der Waals surface area contributed by atoms with Crippen molar-refractivity contribution in [2.75, 3.05) is 18.6 Å². The largest absolute Gasteiger partial charge is 0.497 e. The highest BCUT2D eigenvalue weighted by Gasteiger charge is 2.24. The molecule has 4 rings (SSSR count). The number of rotatable bonds is 7. The molecule has 182 valence electrons. The number of halogens is 1. The summed E-state index contributed by atoms with van der Waals surface area (Å²) >= 11 is 6.63. The highest BCUT2D eigenvalue weighted by molar-refractivity contribution is 6.31. The van der Waals surface area contributed by atoms with Crippen LogP contribution in [0, 0.1) is 6.92 Å². The third-order valence-corrected chi connectivity index (χ3v) is 5.97. The van der Waals surface area contributed by atoms with Crippen LogP contribution in [0.2, 0.25) is 0 Å². The maximum absolute atomic E-state index is 10.3. The summed E-state index contributed by atoms with van der Waals surface area (Å²) in [6.07, 6.45) is 1.66. The predicted molar refractivity (Wildman–Crippen MR) is 139 cm³/mol. The van der Waals surface area contributed by atoms with Crippen LogP contribution in [-0.4, -0.2) is 34.6 Å². The molecule has 1 aromatic heterocycles. The molecule has 0 radical (unpaired) electrons. The lowest BCUT2D eigenvalue weighted by Gasteiger charge is -2.30. The van der Waals surface area contributed by atoms with Gasteiger partial charge in [0.1, 0.15) is 23.8 Å². The number of aliphatic imine (C=N–C) groups is 1. The monoisotopic (exact) mass is 492 g/mol. The van der Waals surface area contributed by atoms with E-state index in [9.17, 15) is 5.11 Å². The zero-order valence-corrected chi connectivity index (χ0v) is 21.3. The highest BCUT2D eigenvalue weighted by Crippen LogP contribution is 2.32. The SMILES string of the molecule is COc1cccc(COC2=C(Cl)CN(c3cc(-c4ccnc(C(C)(C)O)n4)ccc3C)C(C)=N2)c1. The van der Waals surface area contributed by atoms with Gasteiger partial charge < -0.3 is 19.5 Å². The van der Waals surface area contributed by atoms with Gasteiger partial charge in [0, 0.05) is 17.4 Å². The molecule has 0 unspecified atom stereocenters. The number of aryl methyl sites for hydroxylation is 1. The molecule has 0 fully saturated rings. The van der Waals surface area contributed by atoms with Crippen LogP contribution in [0.25, 0.3) is 11.3 Å². The Kier molecular flexibility index (Phi) is 7.10. The molecular weight excluding hydrogens is 464 g/mol. The fraction of sp³-hybridized carbons (Fsp3) is 0.296. The fourth-order valence-corrected chi connectivity index (χ4v) is 3.96. The van der Waals surface area contributed by atoms with Crippen LogP contribution in [0.4, 0.5) is 5.69 Å². The number of ether oxygens (including phenoxy) is 2. The summed E-state index contributed by atoms with van der Waals surface area (Å²) in [7, 11) is 1.64. The first-order valence-corrected chi connectivity index (χ1v) is 11.7. The van der Waals surface area contributed by atoms with Crippen molar-refractivity contribution in [1.29, 1.82) is 0 Å². The Labute approximate surface area is 210 Å². The van der Waals surface area contributed by atoms with Crippen molar-refractivity contribution in [1.82, 2.24) is 9.97 Å². The zero-order chi connectivity index (χ0) is 25.2. The molecule has 0 bridgehead atoms. The van der Waals surface area contributed by atoms with Gasteiger partial charge in [-0.3, -0.25) is 0 Å². The number of aliphatic hydroxyl groups is 1. The molecular formula is C27H29ClN4O3. The molecule has 1 aliphatic rings. The van der Waals surface area contributed by atoms with Crippen molar-refractivity contribution in [3.8, 4) is 17.0 Å². The third-order valence-electron chi connectivity index (χ3n) is 5.69. The van der Waals surface area contributed by atoms with Gasteiger partial charge in [0.2, 0.25) is 5.88 Å². The van der Waals surface area contributed by atoms with E-state index in [0.717, 1.165) is 39.7 Å². The lowest BCUT2D eigenvalue weighted by atomic mass is 10.0. The summed E-state index contributed by atoms with van der Waals surface area (Å²) in [5.74, 6) is 2.34. The molecule has 0 amide bonds. The van der Waals surface area contributed by atoms with Crippen molar-refractivity contribution in [3.63, 3.8) is 0 Å². The van der Waals surface area contributed by atoms with Crippen LogP contribution in [-0.2, 0) is 16.9 Å². The second kappa shape index (κ2) is 10.1. The number of hydrogen-bond acceptors (Lipinski definition) is 7. The van der Waals surface area contributed by atoms with E-state index in [1.165, 1.54) is 0 Å². The Bertz CT molecular complexity index is 1300. The van der Waals surface area contributed by atoms with Crippen LogP contribution in [0.15, 0.2) is 70.6 Å². The van der Waals surface area contributed by atoms with E-state index in [-0.39, 0.29) is 0 Å². The van der Waals surface area contributed by atoms with E-state index in [1.54, 1.807) is 27.2 Å². The summed E-state index contributed by atoms with van der Waals surface area (Å²) in [4.78, 5) is 15.5. The third kappa shape index (κ3) is 5.63. The number of methoxy groups -OCH3 is 1. The quantitative estimate of drug-likeness (QED) is 0.465. The molecule has 35 heavy (non-hydrogen) atoms. The van der Waals surface area contributed by atoms with E-state index in [4.69, 9.17) is 21.1 Å². The highest BCUT2D eigenvalue weighted by atomic mass is 35.5. The molecule has 2 heterocycles. The maximum Gasteiger partial charge on any atom is 0.232 e. The Morgan fingerprint density at radius 2 is 1.91 bits per heavy atom. The molecule has 0 atom stereocenters. The van der Waals surface area contributed by atoms with Crippen molar-refractivity contribution < 1.29 is 14.6 Å². The van der Waals surface area contributed by atoms with Crippen molar-refractivity contribution in [2.24, 2.45) is 4.99 Å². The second-order valence-electron chi connectivity index (χ2n) is 8.92. The first-order chi connectivity index (χ1) is 16.7. The van der Waals surface area contributed by atoms with E-state index in [1.807, 2.05) is 56.3 Å². The Hall–Kier alpha value is -3.42. The van der Waals surface area contributed by atoms with Crippen LogP contribution in [0.1, 0.15) is 37.7 Å². The Morgan fingerprint density at radius 1 is 1.11 bits per heavy atom. The Morgan fingerprint density at radius 3 is 2.66 bits per heavy atom. The standard InChI is InChI=1S/C27H29ClN4O3/c1-17-9-10-20(23-11-12-29-26(31-23)27(3,4)33)14-24(17)32-15-22(28)25(30-18(32)2)35-16-19-7-6-8-21(13-19)34-5/h6-14,33H,15-16H2,1-5H3. The van der Waals surface area contributed by atoms with Crippen LogP contribution in [0.3, 0.4) is 0 Å². The van der Waals surface area contributed by atoms with Gasteiger partial charge in [-0.25, -0.2) is 9.97 Å². The number of anilines is 1. The van der Waals surface area contributed by atoms with Gasteiger partial charge in [0.05, 0.1) is 24.4 Å². The summed E-state index contributed by atoms with van der Waals surface area (Å²) in [6.45, 7) is 8.09. The minimum absolute atomic E-state index is 0.339. The molecule has 0 spiro atoms. The van der Waals surface area contributed by atoms with Gasteiger partial charge in [-0.2, -0.15) is 4.99 Å². The van der Waals surface area contributed by atoms with Crippen LogP contribution >= 0.6 is 11.6 Å². The normalized spacial score (nSPS) is 14.1. The van der Waals surface area contributed by atoms with Gasteiger partial charge in [-0.05, 0) is 63.1 Å². The minimum atomic E-state index is -1.13. The van der Waals surface area contributed by atoms with Crippen molar-refractivity contribution >= 4 is 23.1 Å². The molecule has 3 aromatic rings. The molecule has 7 nitrogen and oxygen atoms in total. The molecule has 8 heteroatoms. The number of benzene rings is 2. The van der Waals surface area contributed by atoms with Crippen molar-refractivity contribution in [3.05, 3.63) is 82.6 Å². The summed E-state index contributed by atoms with van der Waals surface area (Å²) in [5.41, 5.74) is 3.53. The van der Waals surface area contributed by atoms with E-state index < -0.39 is 5.60 Å². The van der Waals surface area contributed by atoms with Gasteiger partial charge in [0.15, 0.2) is 5.82 Å². The number of amidine groups is 1. The molecule has 0 saturated carbocycles. The van der Waals surface area contributed by atoms with Gasteiger partial charge >= 0.3 is 0 Å². The fourth-order valence-electron chi connectivity index (χ4n) is 3.75. The van der Waals surface area contributed by atoms with Crippen LogP contribution in [0.5, 0.6) is 5.75 Å². The summed E-state index contributed by atoms with van der Waals surface area (Å²) in [6, 6.07) is 15.6. The lowest BCUT2D eigenvalue weighted by Crippen LogP contribution is -2.34. The van der Waals surface area contributed by atoms with E-state index in [0.29, 0.717) is 29.9 Å². The first-order valence-electron chi connectivity index (χ1n) is 11.3. The topological polar surface area (TPSA) is 80.1 Å². The summed E-state index contributed by atoms with van der Waals surface area (Å²) < 4.78 is 11.2. The second-order valence-corrected chi connectivity index (χ2v) is 9.38. The first kappa shape index (κ1) is 24.7. The smallest absolute Gasteiger partial charge is 0.232 e. The van der Waals surface area contributed by atoms with Crippen molar-refractivity contribution in [2.45, 2.75) is 39.9 Å². The number of nitrogens with zero attached hydrogens (tertiary/aromatic N) is 4. The summed E-state index contributed by atoms with van der Waals surface area (Å²) in [5, 5.41) is 10.8. The number of aromatic nitrogens is 2. The molecule has 1 N–H and O–H groups in total. The Balaban J connectivity index is 1.56. The molecule has 2 aromatic carbocycles. The van der Waals surface area contributed by atoms with Gasteiger partial charge in [-0.1, -0.05) is 35.9 Å². The van der Waals surface area contributed by atoms with Gasteiger partial charge in [0.25, 0.3) is 0 Å². The average molecular weight is 493 g/mol. The molecule has 0 saturated heterocycles. The average Bonchev–Trinajstić information content (AvgIpc) is 2.84. The zero-order valence-electron chi connectivity index (χ0n) is 20.5. The minimum Gasteiger partial charge on any atom is -0.497 e. The predicted octanol–water partition coefficient (Wildman–Crippen LogP) is 5.55. The van der Waals surface area contributed by atoms with E-state index >= 15 is 0 Å². The lowest BCUT2D eigenvalue weighted by molar-refractivity contribution is 0.0688. The van der Waals surface area contributed by atoms with Crippen LogP contribution < -0.4 is 9.64 Å². The van der Waals surface area contributed by atoms with Gasteiger partial charge in [-0.15, -0.1) is 0 Å².